The molecule has 0 saturated heterocycles. The Hall–Kier alpha value is 0.305. The van der Waals surface area contributed by atoms with E-state index < -0.39 is 7.60 Å². The monoisotopic (exact) mass is 196 g/mol. The van der Waals surface area contributed by atoms with Gasteiger partial charge in [-0.2, -0.15) is 0 Å². The maximum absolute atomic E-state index is 10.2. The molecule has 0 aliphatic carbocycles. The first kappa shape index (κ1) is 16.7. The van der Waals surface area contributed by atoms with Gasteiger partial charge in [0.15, 0.2) is 0 Å². The summed E-state index contributed by atoms with van der Waals surface area (Å²) in [5, 5.41) is 0. The normalized spacial score (nSPS) is 10.4. The van der Waals surface area contributed by atoms with Crippen molar-refractivity contribution in [1.82, 2.24) is 0 Å². The maximum Gasteiger partial charge on any atom is 1.00 e. The SMILES string of the molecule is O=P([O-])([O-])C=Cc1ccccc1.[Li+].[Li+]. The molecule has 64 valence electrons. The van der Waals surface area contributed by atoms with Gasteiger partial charge in [-0.1, -0.05) is 42.2 Å². The van der Waals surface area contributed by atoms with Crippen molar-refractivity contribution in [2.75, 3.05) is 0 Å². The molecule has 0 saturated carbocycles. The van der Waals surface area contributed by atoms with E-state index in [4.69, 9.17) is 0 Å². The van der Waals surface area contributed by atoms with E-state index in [1.54, 1.807) is 24.3 Å². The molecule has 0 fully saturated rings. The van der Waals surface area contributed by atoms with E-state index in [9.17, 15) is 14.4 Å². The van der Waals surface area contributed by atoms with Gasteiger partial charge in [-0.05, 0) is 13.2 Å². The fraction of sp³-hybridized carbons (Fsp3) is 0. The van der Waals surface area contributed by atoms with E-state index >= 15 is 0 Å². The summed E-state index contributed by atoms with van der Waals surface area (Å²) in [4.78, 5) is 20.4. The average Bonchev–Trinajstić information content (AvgIpc) is 2.02. The molecule has 6 heteroatoms. The molecule has 0 aliphatic rings. The van der Waals surface area contributed by atoms with E-state index in [1.165, 1.54) is 6.08 Å². The Balaban J connectivity index is 0. The first-order chi connectivity index (χ1) is 5.58. The topological polar surface area (TPSA) is 63.2 Å². The van der Waals surface area contributed by atoms with Crippen LogP contribution < -0.4 is 47.5 Å². The third-order valence-electron chi connectivity index (χ3n) is 1.25. The van der Waals surface area contributed by atoms with Gasteiger partial charge in [-0.3, -0.25) is 0 Å². The Morgan fingerprint density at radius 1 is 1.07 bits per heavy atom. The molecule has 0 N–H and O–H groups in total. The number of hydrogen-bond donors (Lipinski definition) is 0. The summed E-state index contributed by atoms with van der Waals surface area (Å²) in [6, 6.07) is 8.77. The van der Waals surface area contributed by atoms with Crippen LogP contribution in [-0.4, -0.2) is 0 Å². The van der Waals surface area contributed by atoms with Gasteiger partial charge in [-0.25, -0.2) is 0 Å². The molecule has 0 unspecified atom stereocenters. The van der Waals surface area contributed by atoms with Gasteiger partial charge in [0.1, 0.15) is 0 Å². The van der Waals surface area contributed by atoms with Crippen molar-refractivity contribution in [2.45, 2.75) is 0 Å². The second-order valence-corrected chi connectivity index (χ2v) is 3.64. The minimum absolute atomic E-state index is 0. The summed E-state index contributed by atoms with van der Waals surface area (Å²) in [6.07, 6.45) is 1.28. The molecular weight excluding hydrogens is 189 g/mol. The molecule has 0 atom stereocenters. The molecule has 3 nitrogen and oxygen atoms in total. The van der Waals surface area contributed by atoms with Crippen molar-refractivity contribution in [3.05, 3.63) is 41.7 Å². The summed E-state index contributed by atoms with van der Waals surface area (Å²) in [5.74, 6) is 0.669. The molecule has 0 aromatic heterocycles. The van der Waals surface area contributed by atoms with E-state index in [0.29, 0.717) is 11.4 Å². The minimum atomic E-state index is -4.51. The van der Waals surface area contributed by atoms with Gasteiger partial charge >= 0.3 is 37.7 Å². The van der Waals surface area contributed by atoms with E-state index in [2.05, 4.69) is 0 Å². The Kier molecular flexibility index (Phi) is 9.05. The molecule has 0 spiro atoms. The average molecular weight is 196 g/mol. The van der Waals surface area contributed by atoms with Crippen LogP contribution in [0, 0.1) is 0 Å². The summed E-state index contributed by atoms with van der Waals surface area (Å²) in [5.41, 5.74) is 0.699. The predicted octanol–water partition coefficient (Wildman–Crippen LogP) is -5.42. The van der Waals surface area contributed by atoms with Crippen molar-refractivity contribution >= 4 is 13.7 Å². The number of hydrogen-bond acceptors (Lipinski definition) is 3. The van der Waals surface area contributed by atoms with Crippen molar-refractivity contribution in [2.24, 2.45) is 0 Å². The van der Waals surface area contributed by atoms with Crippen LogP contribution in [0.4, 0.5) is 0 Å². The Morgan fingerprint density at radius 3 is 2.00 bits per heavy atom. The molecular formula is C8H7Li2O3P. The zero-order valence-corrected chi connectivity index (χ0v) is 9.11. The van der Waals surface area contributed by atoms with Crippen LogP contribution in [0.3, 0.4) is 0 Å². The van der Waals surface area contributed by atoms with Crippen molar-refractivity contribution in [1.29, 1.82) is 0 Å². The third-order valence-corrected chi connectivity index (χ3v) is 1.76. The summed E-state index contributed by atoms with van der Waals surface area (Å²) in [7, 11) is -4.51. The molecule has 0 amide bonds. The zero-order chi connectivity index (χ0) is 9.03. The largest absolute Gasteiger partial charge is 1.00 e. The van der Waals surface area contributed by atoms with Crippen molar-refractivity contribution < 1.29 is 52.1 Å². The van der Waals surface area contributed by atoms with Crippen LogP contribution in [0.1, 0.15) is 5.56 Å². The van der Waals surface area contributed by atoms with Crippen LogP contribution in [-0.2, 0) is 4.57 Å². The number of rotatable bonds is 2. The van der Waals surface area contributed by atoms with E-state index in [0.717, 1.165) is 0 Å². The van der Waals surface area contributed by atoms with Crippen LogP contribution in [0.2, 0.25) is 0 Å². The van der Waals surface area contributed by atoms with Crippen LogP contribution >= 0.6 is 7.60 Å². The second kappa shape index (κ2) is 7.58. The smallest absolute Gasteiger partial charge is 0.808 e. The third kappa shape index (κ3) is 7.68. The summed E-state index contributed by atoms with van der Waals surface area (Å²) in [6.45, 7) is 0. The van der Waals surface area contributed by atoms with Crippen molar-refractivity contribution in [3.8, 4) is 0 Å². The van der Waals surface area contributed by atoms with Gasteiger partial charge in [0.25, 0.3) is 0 Å². The standard InChI is InChI=1S/C8H9O3P.2Li/c9-12(10,11)7-6-8-4-2-1-3-5-8;;/h1-7H,(H2,9,10,11);;/q;2*+1/p-2. The molecule has 1 aromatic carbocycles. The molecule has 1 rings (SSSR count). The van der Waals surface area contributed by atoms with Gasteiger partial charge in [0.2, 0.25) is 0 Å². The predicted molar refractivity (Wildman–Crippen MR) is 43.1 cm³/mol. The molecule has 0 bridgehead atoms. The fourth-order valence-corrected chi connectivity index (χ4v) is 1.10. The summed E-state index contributed by atoms with van der Waals surface area (Å²) >= 11 is 0. The van der Waals surface area contributed by atoms with Gasteiger partial charge in [-0.15, -0.1) is 0 Å². The Bertz CT molecular complexity index is 321. The van der Waals surface area contributed by atoms with E-state index in [1.807, 2.05) is 6.07 Å². The van der Waals surface area contributed by atoms with Crippen LogP contribution in [0.15, 0.2) is 36.1 Å². The van der Waals surface area contributed by atoms with Gasteiger partial charge in [0, 0.05) is 0 Å². The first-order valence-corrected chi connectivity index (χ1v) is 4.95. The van der Waals surface area contributed by atoms with E-state index in [-0.39, 0.29) is 37.7 Å². The quantitative estimate of drug-likeness (QED) is 0.350. The first-order valence-electron chi connectivity index (χ1n) is 3.34. The van der Waals surface area contributed by atoms with Crippen LogP contribution in [0.25, 0.3) is 6.08 Å². The van der Waals surface area contributed by atoms with Gasteiger partial charge < -0.3 is 14.4 Å². The minimum Gasteiger partial charge on any atom is -0.808 e. The number of benzene rings is 1. The second-order valence-electron chi connectivity index (χ2n) is 2.27. The maximum atomic E-state index is 10.2. The zero-order valence-electron chi connectivity index (χ0n) is 8.21. The fourth-order valence-electron chi connectivity index (χ4n) is 0.742. The van der Waals surface area contributed by atoms with Gasteiger partial charge in [0.05, 0.1) is 0 Å². The molecule has 1 aromatic rings. The Morgan fingerprint density at radius 2 is 1.57 bits per heavy atom. The Labute approximate surface area is 107 Å². The van der Waals surface area contributed by atoms with Crippen molar-refractivity contribution in [3.63, 3.8) is 0 Å². The molecule has 0 radical (unpaired) electrons. The summed E-state index contributed by atoms with van der Waals surface area (Å²) < 4.78 is 10.2. The molecule has 0 aliphatic heterocycles. The van der Waals surface area contributed by atoms with Crippen LogP contribution in [0.5, 0.6) is 0 Å². The molecule has 0 heterocycles. The molecule has 14 heavy (non-hydrogen) atoms.